The largest absolute Gasteiger partial charge is 0.346 e. The molecule has 6 heteroatoms. The number of anilines is 1. The molecule has 5 nitrogen and oxygen atoms in total. The van der Waals surface area contributed by atoms with Gasteiger partial charge in [-0.05, 0) is 81.6 Å². The SMILES string of the molecule is Cc1ccc(S(=O)(=O)Nc2ccc(C(=O)NC(C)c3cc(C)ccc3C)cc2C)cc1. The number of aryl methyl sites for hydroxylation is 4. The molecule has 0 fully saturated rings. The highest BCUT2D eigenvalue weighted by Crippen LogP contribution is 2.23. The van der Waals surface area contributed by atoms with Gasteiger partial charge in [-0.25, -0.2) is 8.42 Å². The minimum atomic E-state index is -3.70. The fourth-order valence-electron chi connectivity index (χ4n) is 3.42. The number of nitrogens with one attached hydrogen (secondary N) is 2. The molecule has 3 aromatic carbocycles. The van der Waals surface area contributed by atoms with Gasteiger partial charge in [0.05, 0.1) is 16.6 Å². The molecule has 0 aliphatic heterocycles. The molecule has 1 atom stereocenters. The van der Waals surface area contributed by atoms with Crippen LogP contribution >= 0.6 is 0 Å². The first-order valence-corrected chi connectivity index (χ1v) is 11.6. The van der Waals surface area contributed by atoms with Crippen molar-refractivity contribution in [1.29, 1.82) is 0 Å². The van der Waals surface area contributed by atoms with Crippen LogP contribution in [-0.2, 0) is 10.0 Å². The van der Waals surface area contributed by atoms with E-state index in [-0.39, 0.29) is 16.8 Å². The van der Waals surface area contributed by atoms with Crippen LogP contribution in [0.15, 0.2) is 65.6 Å². The van der Waals surface area contributed by atoms with E-state index in [4.69, 9.17) is 0 Å². The van der Waals surface area contributed by atoms with Gasteiger partial charge >= 0.3 is 0 Å². The molecule has 1 amide bonds. The van der Waals surface area contributed by atoms with Gasteiger partial charge in [-0.3, -0.25) is 9.52 Å². The zero-order valence-corrected chi connectivity index (χ0v) is 19.3. The fourth-order valence-corrected chi connectivity index (χ4v) is 4.56. The predicted octanol–water partition coefficient (Wildman–Crippen LogP) is 5.21. The van der Waals surface area contributed by atoms with Crippen molar-refractivity contribution < 1.29 is 13.2 Å². The number of hydrogen-bond donors (Lipinski definition) is 2. The summed E-state index contributed by atoms with van der Waals surface area (Å²) in [6.45, 7) is 9.68. The molecule has 0 saturated heterocycles. The summed E-state index contributed by atoms with van der Waals surface area (Å²) in [5, 5.41) is 3.03. The van der Waals surface area contributed by atoms with E-state index in [1.165, 1.54) is 0 Å². The van der Waals surface area contributed by atoms with Crippen molar-refractivity contribution in [2.24, 2.45) is 0 Å². The number of sulfonamides is 1. The van der Waals surface area contributed by atoms with Crippen LogP contribution in [0.2, 0.25) is 0 Å². The van der Waals surface area contributed by atoms with E-state index in [1.54, 1.807) is 49.4 Å². The summed E-state index contributed by atoms with van der Waals surface area (Å²) in [5.41, 5.74) is 5.92. The van der Waals surface area contributed by atoms with Crippen LogP contribution < -0.4 is 10.0 Å². The number of benzene rings is 3. The minimum absolute atomic E-state index is 0.146. The lowest BCUT2D eigenvalue weighted by molar-refractivity contribution is 0.0939. The van der Waals surface area contributed by atoms with Gasteiger partial charge in [0.25, 0.3) is 15.9 Å². The van der Waals surface area contributed by atoms with Crippen LogP contribution in [0.25, 0.3) is 0 Å². The van der Waals surface area contributed by atoms with Crippen molar-refractivity contribution in [2.75, 3.05) is 4.72 Å². The van der Waals surface area contributed by atoms with E-state index in [0.29, 0.717) is 16.8 Å². The second-order valence-electron chi connectivity index (χ2n) is 8.00. The van der Waals surface area contributed by atoms with Crippen molar-refractivity contribution in [3.8, 4) is 0 Å². The van der Waals surface area contributed by atoms with Gasteiger partial charge in [0.15, 0.2) is 0 Å². The lowest BCUT2D eigenvalue weighted by Gasteiger charge is -2.18. The number of hydrogen-bond acceptors (Lipinski definition) is 3. The predicted molar refractivity (Wildman–Crippen MR) is 125 cm³/mol. The third-order valence-corrected chi connectivity index (χ3v) is 6.69. The Kier molecular flexibility index (Phi) is 6.51. The summed E-state index contributed by atoms with van der Waals surface area (Å²) >= 11 is 0. The van der Waals surface area contributed by atoms with Gasteiger partial charge in [0.2, 0.25) is 0 Å². The zero-order valence-electron chi connectivity index (χ0n) is 18.5. The Morgan fingerprint density at radius 2 is 1.45 bits per heavy atom. The van der Waals surface area contributed by atoms with E-state index in [0.717, 1.165) is 22.3 Å². The summed E-state index contributed by atoms with van der Waals surface area (Å²) in [4.78, 5) is 13.0. The highest BCUT2D eigenvalue weighted by molar-refractivity contribution is 7.92. The van der Waals surface area contributed by atoms with E-state index in [1.807, 2.05) is 39.8 Å². The molecule has 0 heterocycles. The van der Waals surface area contributed by atoms with Gasteiger partial charge in [-0.2, -0.15) is 0 Å². The number of carbonyl (C=O) groups excluding carboxylic acids is 1. The molecule has 3 aromatic rings. The average molecular weight is 437 g/mol. The summed E-state index contributed by atoms with van der Waals surface area (Å²) in [6, 6.07) is 17.6. The lowest BCUT2D eigenvalue weighted by atomic mass is 9.99. The highest BCUT2D eigenvalue weighted by Gasteiger charge is 2.17. The van der Waals surface area contributed by atoms with Crippen molar-refractivity contribution in [1.82, 2.24) is 5.32 Å². The topological polar surface area (TPSA) is 75.3 Å². The maximum Gasteiger partial charge on any atom is 0.261 e. The highest BCUT2D eigenvalue weighted by atomic mass is 32.2. The molecule has 0 radical (unpaired) electrons. The van der Waals surface area contributed by atoms with Gasteiger partial charge in [0.1, 0.15) is 0 Å². The molecule has 31 heavy (non-hydrogen) atoms. The van der Waals surface area contributed by atoms with E-state index < -0.39 is 10.0 Å². The number of carbonyl (C=O) groups is 1. The van der Waals surface area contributed by atoms with E-state index in [2.05, 4.69) is 16.1 Å². The van der Waals surface area contributed by atoms with Crippen LogP contribution in [0.1, 0.15) is 51.1 Å². The molecule has 0 aromatic heterocycles. The summed E-state index contributed by atoms with van der Waals surface area (Å²) in [5.74, 6) is -0.204. The second kappa shape index (κ2) is 8.94. The Labute approximate surface area is 184 Å². The maximum atomic E-state index is 12.8. The normalized spacial score (nSPS) is 12.3. The first-order valence-electron chi connectivity index (χ1n) is 10.1. The zero-order chi connectivity index (χ0) is 22.8. The summed E-state index contributed by atoms with van der Waals surface area (Å²) < 4.78 is 27.9. The monoisotopic (exact) mass is 436 g/mol. The molecule has 1 unspecified atom stereocenters. The Hall–Kier alpha value is -3.12. The molecule has 2 N–H and O–H groups in total. The van der Waals surface area contributed by atoms with E-state index >= 15 is 0 Å². The molecule has 0 saturated carbocycles. The molecule has 162 valence electrons. The Morgan fingerprint density at radius 1 is 0.806 bits per heavy atom. The molecule has 0 aliphatic rings. The van der Waals surface area contributed by atoms with Crippen LogP contribution in [0.4, 0.5) is 5.69 Å². The Balaban J connectivity index is 1.76. The van der Waals surface area contributed by atoms with Crippen LogP contribution in [0.5, 0.6) is 0 Å². The van der Waals surface area contributed by atoms with E-state index in [9.17, 15) is 13.2 Å². The van der Waals surface area contributed by atoms with Gasteiger partial charge < -0.3 is 5.32 Å². The summed E-state index contributed by atoms with van der Waals surface area (Å²) in [6.07, 6.45) is 0. The van der Waals surface area contributed by atoms with Gasteiger partial charge in [0, 0.05) is 5.56 Å². The second-order valence-corrected chi connectivity index (χ2v) is 9.69. The Morgan fingerprint density at radius 3 is 2.10 bits per heavy atom. The van der Waals surface area contributed by atoms with Crippen molar-refractivity contribution in [2.45, 2.75) is 45.6 Å². The minimum Gasteiger partial charge on any atom is -0.346 e. The average Bonchev–Trinajstić information content (AvgIpc) is 2.71. The number of rotatable bonds is 6. The van der Waals surface area contributed by atoms with Crippen molar-refractivity contribution in [3.63, 3.8) is 0 Å². The summed E-state index contributed by atoms with van der Waals surface area (Å²) in [7, 11) is -3.70. The molecule has 0 spiro atoms. The maximum absolute atomic E-state index is 12.8. The van der Waals surface area contributed by atoms with Crippen molar-refractivity contribution in [3.05, 3.63) is 94.0 Å². The number of amides is 1. The standard InChI is InChI=1S/C25H28N2O3S/c1-16-7-11-22(12-8-16)31(29,30)27-24-13-10-21(15-19(24)4)25(28)26-20(5)23-14-17(2)6-9-18(23)3/h6-15,20,27H,1-5H3,(H,26,28). The first kappa shape index (κ1) is 22.6. The van der Waals surface area contributed by atoms with Crippen LogP contribution in [0.3, 0.4) is 0 Å². The molecular weight excluding hydrogens is 408 g/mol. The molecule has 0 bridgehead atoms. The molecule has 3 rings (SSSR count). The molecular formula is C25H28N2O3S. The quantitative estimate of drug-likeness (QED) is 0.557. The lowest BCUT2D eigenvalue weighted by Crippen LogP contribution is -2.27. The third kappa shape index (κ3) is 5.33. The first-order chi connectivity index (χ1) is 14.6. The fraction of sp³-hybridized carbons (Fsp3) is 0.240. The molecule has 0 aliphatic carbocycles. The smallest absolute Gasteiger partial charge is 0.261 e. The van der Waals surface area contributed by atoms with Crippen molar-refractivity contribution >= 4 is 21.6 Å². The van der Waals surface area contributed by atoms with Crippen LogP contribution in [-0.4, -0.2) is 14.3 Å². The third-order valence-electron chi connectivity index (χ3n) is 5.31. The van der Waals surface area contributed by atoms with Gasteiger partial charge in [-0.15, -0.1) is 0 Å². The van der Waals surface area contributed by atoms with Gasteiger partial charge in [-0.1, -0.05) is 41.5 Å². The Bertz CT molecular complexity index is 1220. The van der Waals surface area contributed by atoms with Crippen LogP contribution in [0, 0.1) is 27.7 Å².